The van der Waals surface area contributed by atoms with Gasteiger partial charge in [-0.3, -0.25) is 25.8 Å². The molecule has 0 bridgehead atoms. The molecule has 0 aliphatic rings. The van der Waals surface area contributed by atoms with Gasteiger partial charge in [0, 0.05) is 7.11 Å². The molecule has 0 aliphatic carbocycles. The van der Waals surface area contributed by atoms with Crippen molar-refractivity contribution in [3.8, 4) is 11.5 Å². The molecule has 9 heteroatoms. The summed E-state index contributed by atoms with van der Waals surface area (Å²) in [6.45, 7) is 6.28. The lowest BCUT2D eigenvalue weighted by Crippen LogP contribution is -2.51. The minimum absolute atomic E-state index is 0.0663. The zero-order chi connectivity index (χ0) is 22.8. The number of rotatable bonds is 8. The highest BCUT2D eigenvalue weighted by Crippen LogP contribution is 2.18. The number of benzene rings is 2. The van der Waals surface area contributed by atoms with Crippen LogP contribution in [0.3, 0.4) is 0 Å². The Kier molecular flexibility index (Phi) is 9.23. The summed E-state index contributed by atoms with van der Waals surface area (Å²) in [4.78, 5) is 24.8. The summed E-state index contributed by atoms with van der Waals surface area (Å²) in [6.07, 6.45) is -0.775. The number of para-hydroxylation sites is 1. The molecule has 0 aromatic heterocycles. The van der Waals surface area contributed by atoms with Gasteiger partial charge in [-0.1, -0.05) is 18.2 Å². The molecule has 166 valence electrons. The van der Waals surface area contributed by atoms with Gasteiger partial charge in [-0.2, -0.15) is 0 Å². The highest BCUT2D eigenvalue weighted by Gasteiger charge is 2.17. The predicted molar refractivity (Wildman–Crippen MR) is 121 cm³/mol. The van der Waals surface area contributed by atoms with Crippen LogP contribution in [0.25, 0.3) is 0 Å². The van der Waals surface area contributed by atoms with E-state index in [4.69, 9.17) is 26.4 Å². The van der Waals surface area contributed by atoms with Crippen LogP contribution in [0, 0.1) is 13.8 Å². The van der Waals surface area contributed by atoms with Gasteiger partial charge in [0.2, 0.25) is 0 Å². The van der Waals surface area contributed by atoms with E-state index in [9.17, 15) is 9.59 Å². The predicted octanol–water partition coefficient (Wildman–Crippen LogP) is 2.43. The van der Waals surface area contributed by atoms with Crippen molar-refractivity contribution in [2.45, 2.75) is 26.9 Å². The van der Waals surface area contributed by atoms with E-state index < -0.39 is 17.9 Å². The summed E-state index contributed by atoms with van der Waals surface area (Å²) in [6, 6.07) is 12.3. The average molecular weight is 446 g/mol. The Labute approximate surface area is 187 Å². The Bertz CT molecular complexity index is 935. The van der Waals surface area contributed by atoms with Gasteiger partial charge >= 0.3 is 0 Å². The number of carbonyl (C=O) groups excluding carboxylic acids is 2. The lowest BCUT2D eigenvalue weighted by atomic mass is 10.1. The lowest BCUT2D eigenvalue weighted by Gasteiger charge is -2.17. The zero-order valence-corrected chi connectivity index (χ0v) is 18.8. The third-order valence-electron chi connectivity index (χ3n) is 4.36. The van der Waals surface area contributed by atoms with Gasteiger partial charge in [0.05, 0.1) is 12.2 Å². The van der Waals surface area contributed by atoms with Crippen molar-refractivity contribution in [2.24, 2.45) is 0 Å². The van der Waals surface area contributed by atoms with Crippen molar-refractivity contribution in [1.29, 1.82) is 0 Å². The van der Waals surface area contributed by atoms with E-state index in [2.05, 4.69) is 16.2 Å². The number of hydrogen-bond donors (Lipinski definition) is 3. The fourth-order valence-corrected chi connectivity index (χ4v) is 2.63. The maximum absolute atomic E-state index is 12.5. The van der Waals surface area contributed by atoms with Crippen LogP contribution in [0.2, 0.25) is 0 Å². The molecule has 2 aromatic rings. The molecule has 3 N–H and O–H groups in total. The fourth-order valence-electron chi connectivity index (χ4n) is 2.48. The quantitative estimate of drug-likeness (QED) is 0.326. The van der Waals surface area contributed by atoms with E-state index >= 15 is 0 Å². The fraction of sp³-hybridized carbons (Fsp3) is 0.318. The molecule has 8 nitrogen and oxygen atoms in total. The van der Waals surface area contributed by atoms with Crippen molar-refractivity contribution in [3.63, 3.8) is 0 Å². The standard InChI is InChI=1S/C22H27N3O5S/c1-14-9-10-17(13-15(14)2)30-16(3)20(26)24-25-22(31)23-21(27)18-7-5-6-8-19(18)29-12-11-28-4/h5-10,13,16H,11-12H2,1-4H3,(H,24,26)(H2,23,25,27,31). The van der Waals surface area contributed by atoms with E-state index in [0.717, 1.165) is 11.1 Å². The van der Waals surface area contributed by atoms with Crippen LogP contribution >= 0.6 is 12.2 Å². The van der Waals surface area contributed by atoms with Crippen molar-refractivity contribution < 1.29 is 23.8 Å². The number of ether oxygens (including phenoxy) is 3. The highest BCUT2D eigenvalue weighted by molar-refractivity contribution is 7.80. The minimum atomic E-state index is -0.775. The normalized spacial score (nSPS) is 11.2. The highest BCUT2D eigenvalue weighted by atomic mass is 32.1. The Morgan fingerprint density at radius 2 is 1.77 bits per heavy atom. The smallest absolute Gasteiger partial charge is 0.279 e. The monoisotopic (exact) mass is 445 g/mol. The first kappa shape index (κ1) is 24.1. The summed E-state index contributed by atoms with van der Waals surface area (Å²) in [7, 11) is 1.56. The molecule has 2 amide bonds. The number of aryl methyl sites for hydroxylation is 2. The number of thiocarbonyl (C=S) groups is 1. The Morgan fingerprint density at radius 3 is 2.48 bits per heavy atom. The zero-order valence-electron chi connectivity index (χ0n) is 18.0. The van der Waals surface area contributed by atoms with Crippen LogP contribution in [0.1, 0.15) is 28.4 Å². The second-order valence-electron chi connectivity index (χ2n) is 6.74. The van der Waals surface area contributed by atoms with Gasteiger partial charge in [0.25, 0.3) is 11.8 Å². The van der Waals surface area contributed by atoms with E-state index in [0.29, 0.717) is 30.3 Å². The van der Waals surface area contributed by atoms with Gasteiger partial charge in [-0.15, -0.1) is 0 Å². The van der Waals surface area contributed by atoms with Crippen LogP contribution in [-0.4, -0.2) is 43.4 Å². The van der Waals surface area contributed by atoms with Crippen molar-refractivity contribution in [3.05, 3.63) is 59.2 Å². The molecule has 0 fully saturated rings. The molecule has 0 aliphatic heterocycles. The molecule has 0 spiro atoms. The minimum Gasteiger partial charge on any atom is -0.490 e. The van der Waals surface area contributed by atoms with Gasteiger partial charge in [-0.25, -0.2) is 0 Å². The van der Waals surface area contributed by atoms with Gasteiger partial charge < -0.3 is 14.2 Å². The summed E-state index contributed by atoms with van der Waals surface area (Å²) in [5.74, 6) is 0.0725. The largest absolute Gasteiger partial charge is 0.490 e. The first-order chi connectivity index (χ1) is 14.8. The Morgan fingerprint density at radius 1 is 1.03 bits per heavy atom. The first-order valence-corrected chi connectivity index (χ1v) is 10.1. The second-order valence-corrected chi connectivity index (χ2v) is 7.15. The number of hydrogen-bond acceptors (Lipinski definition) is 6. The molecule has 0 saturated carbocycles. The molecule has 0 radical (unpaired) electrons. The second kappa shape index (κ2) is 11.9. The summed E-state index contributed by atoms with van der Waals surface area (Å²) in [5.41, 5.74) is 7.44. The van der Waals surface area contributed by atoms with Crippen LogP contribution in [0.15, 0.2) is 42.5 Å². The SMILES string of the molecule is COCCOc1ccccc1C(=O)NC(=S)NNC(=O)C(C)Oc1ccc(C)c(C)c1. The van der Waals surface area contributed by atoms with Crippen LogP contribution in [0.4, 0.5) is 0 Å². The molecule has 2 rings (SSSR count). The third kappa shape index (κ3) is 7.54. The van der Waals surface area contributed by atoms with Crippen LogP contribution in [0.5, 0.6) is 11.5 Å². The molecule has 1 unspecified atom stereocenters. The topological polar surface area (TPSA) is 97.9 Å². The maximum Gasteiger partial charge on any atom is 0.279 e. The van der Waals surface area contributed by atoms with Crippen LogP contribution < -0.4 is 25.6 Å². The number of carbonyl (C=O) groups is 2. The molecular weight excluding hydrogens is 418 g/mol. The summed E-state index contributed by atoms with van der Waals surface area (Å²) >= 11 is 5.09. The third-order valence-corrected chi connectivity index (χ3v) is 4.57. The van der Waals surface area contributed by atoms with E-state index in [-0.39, 0.29) is 5.11 Å². The maximum atomic E-state index is 12.5. The molecular formula is C22H27N3O5S. The van der Waals surface area contributed by atoms with Gasteiger partial charge in [0.1, 0.15) is 18.1 Å². The number of nitrogens with one attached hydrogen (secondary N) is 3. The van der Waals surface area contributed by atoms with Crippen molar-refractivity contribution >= 4 is 29.1 Å². The van der Waals surface area contributed by atoms with Gasteiger partial charge in [0.15, 0.2) is 11.2 Å². The van der Waals surface area contributed by atoms with Crippen molar-refractivity contribution in [2.75, 3.05) is 20.3 Å². The molecule has 31 heavy (non-hydrogen) atoms. The van der Waals surface area contributed by atoms with E-state index in [1.165, 1.54) is 0 Å². The molecule has 2 aromatic carbocycles. The molecule has 0 saturated heterocycles. The lowest BCUT2D eigenvalue weighted by molar-refractivity contribution is -0.127. The molecule has 0 heterocycles. The Balaban J connectivity index is 1.85. The first-order valence-electron chi connectivity index (χ1n) is 9.67. The van der Waals surface area contributed by atoms with E-state index in [1.54, 1.807) is 44.4 Å². The van der Waals surface area contributed by atoms with Crippen LogP contribution in [-0.2, 0) is 9.53 Å². The number of hydrazine groups is 1. The summed E-state index contributed by atoms with van der Waals surface area (Å²) in [5, 5.41) is 2.43. The van der Waals surface area contributed by atoms with Gasteiger partial charge in [-0.05, 0) is 68.4 Å². The van der Waals surface area contributed by atoms with E-state index in [1.807, 2.05) is 26.0 Å². The van der Waals surface area contributed by atoms with Crippen molar-refractivity contribution in [1.82, 2.24) is 16.2 Å². The Hall–Kier alpha value is -3.17. The summed E-state index contributed by atoms with van der Waals surface area (Å²) < 4.78 is 16.1. The average Bonchev–Trinajstić information content (AvgIpc) is 2.75. The number of methoxy groups -OCH3 is 1. The number of amides is 2. The molecule has 1 atom stereocenters.